The number of benzene rings is 1. The summed E-state index contributed by atoms with van der Waals surface area (Å²) in [6.07, 6.45) is 0.563. The van der Waals surface area contributed by atoms with Gasteiger partial charge in [0.1, 0.15) is 17.9 Å². The first-order valence-corrected chi connectivity index (χ1v) is 8.23. The van der Waals surface area contributed by atoms with Gasteiger partial charge in [0.25, 0.3) is 5.91 Å². The maximum atomic E-state index is 12.6. The quantitative estimate of drug-likeness (QED) is 0.771. The number of carbonyl (C=O) groups excluding carboxylic acids is 2. The molecule has 0 radical (unpaired) electrons. The minimum atomic E-state index is -2.99. The summed E-state index contributed by atoms with van der Waals surface area (Å²) < 4.78 is 34.6. The number of esters is 1. The van der Waals surface area contributed by atoms with Crippen molar-refractivity contribution in [1.82, 2.24) is 9.80 Å². The first-order chi connectivity index (χ1) is 12.0. The van der Waals surface area contributed by atoms with Crippen LogP contribution in [0.3, 0.4) is 0 Å². The molecule has 2 saturated heterocycles. The second kappa shape index (κ2) is 7.35. The fourth-order valence-corrected chi connectivity index (χ4v) is 3.28. The van der Waals surface area contributed by atoms with E-state index in [0.717, 1.165) is 0 Å². The second-order valence-corrected chi connectivity index (χ2v) is 6.20. The minimum Gasteiger partial charge on any atom is -0.461 e. The molecule has 1 amide bonds. The zero-order valence-corrected chi connectivity index (χ0v) is 13.9. The molecule has 2 unspecified atom stereocenters. The van der Waals surface area contributed by atoms with E-state index in [1.165, 1.54) is 12.1 Å². The third-order valence-electron chi connectivity index (χ3n) is 4.52. The number of hydrogen-bond donors (Lipinski definition) is 0. The molecule has 0 N–H and O–H groups in total. The maximum absolute atomic E-state index is 12.6. The summed E-state index contributed by atoms with van der Waals surface area (Å²) >= 11 is 0. The molecule has 2 fully saturated rings. The van der Waals surface area contributed by atoms with Crippen molar-refractivity contribution >= 4 is 11.9 Å². The Bertz CT molecular complexity index is 647. The summed E-state index contributed by atoms with van der Waals surface area (Å²) in [6.45, 7) is 0.783. The van der Waals surface area contributed by atoms with Gasteiger partial charge in [-0.2, -0.15) is 8.78 Å². The van der Waals surface area contributed by atoms with Gasteiger partial charge in [-0.3, -0.25) is 14.5 Å². The highest BCUT2D eigenvalue weighted by molar-refractivity contribution is 5.97. The van der Waals surface area contributed by atoms with Gasteiger partial charge in [-0.05, 0) is 19.1 Å². The van der Waals surface area contributed by atoms with Crippen molar-refractivity contribution in [2.75, 3.05) is 26.2 Å². The molecule has 2 aliphatic heterocycles. The lowest BCUT2D eigenvalue weighted by Crippen LogP contribution is -2.53. The Labute approximate surface area is 144 Å². The third kappa shape index (κ3) is 3.89. The van der Waals surface area contributed by atoms with Crippen LogP contribution in [-0.2, 0) is 9.53 Å². The third-order valence-corrected chi connectivity index (χ3v) is 4.52. The van der Waals surface area contributed by atoms with E-state index in [0.29, 0.717) is 32.6 Å². The van der Waals surface area contributed by atoms with Crippen LogP contribution < -0.4 is 4.74 Å². The average molecular weight is 354 g/mol. The molecule has 0 bridgehead atoms. The highest BCUT2D eigenvalue weighted by Crippen LogP contribution is 2.24. The summed E-state index contributed by atoms with van der Waals surface area (Å²) in [5.74, 6) is -0.695. The lowest BCUT2D eigenvalue weighted by molar-refractivity contribution is -0.145. The van der Waals surface area contributed by atoms with E-state index in [1.807, 2.05) is 11.8 Å². The topological polar surface area (TPSA) is 59.1 Å². The Morgan fingerprint density at radius 2 is 1.92 bits per heavy atom. The molecule has 0 saturated carbocycles. The molecule has 2 aliphatic rings. The van der Waals surface area contributed by atoms with Crippen LogP contribution in [0.15, 0.2) is 24.3 Å². The van der Waals surface area contributed by atoms with Gasteiger partial charge in [-0.1, -0.05) is 12.1 Å². The van der Waals surface area contributed by atoms with Crippen LogP contribution in [0.5, 0.6) is 5.75 Å². The van der Waals surface area contributed by atoms with E-state index in [4.69, 9.17) is 4.74 Å². The number of halogens is 2. The van der Waals surface area contributed by atoms with Gasteiger partial charge < -0.3 is 14.4 Å². The molecule has 2 atom stereocenters. The van der Waals surface area contributed by atoms with Crippen LogP contribution in [0, 0.1) is 0 Å². The number of hydrogen-bond acceptors (Lipinski definition) is 5. The highest BCUT2D eigenvalue weighted by Gasteiger charge is 2.38. The Balaban J connectivity index is 1.63. The SMILES string of the molecule is CC1CC(N2CCN(C(=O)c3ccccc3OC(F)F)CC2)C(=O)O1. The van der Waals surface area contributed by atoms with Crippen molar-refractivity contribution in [3.63, 3.8) is 0 Å². The van der Waals surface area contributed by atoms with Crippen LogP contribution >= 0.6 is 0 Å². The van der Waals surface area contributed by atoms with Crippen molar-refractivity contribution in [2.45, 2.75) is 32.1 Å². The molecule has 0 aliphatic carbocycles. The zero-order chi connectivity index (χ0) is 18.0. The molecular weight excluding hydrogens is 334 g/mol. The molecule has 8 heteroatoms. The van der Waals surface area contributed by atoms with Crippen molar-refractivity contribution in [2.24, 2.45) is 0 Å². The fourth-order valence-electron chi connectivity index (χ4n) is 3.28. The number of piperazine rings is 1. The molecule has 1 aromatic rings. The predicted molar refractivity (Wildman–Crippen MR) is 84.5 cm³/mol. The van der Waals surface area contributed by atoms with E-state index >= 15 is 0 Å². The lowest BCUT2D eigenvalue weighted by Gasteiger charge is -2.36. The number of ether oxygens (including phenoxy) is 2. The second-order valence-electron chi connectivity index (χ2n) is 6.20. The van der Waals surface area contributed by atoms with E-state index in [1.54, 1.807) is 17.0 Å². The van der Waals surface area contributed by atoms with E-state index in [9.17, 15) is 18.4 Å². The van der Waals surface area contributed by atoms with Crippen molar-refractivity contribution in [3.8, 4) is 5.75 Å². The Morgan fingerprint density at radius 3 is 2.52 bits per heavy atom. The van der Waals surface area contributed by atoms with Gasteiger partial charge in [0, 0.05) is 32.6 Å². The van der Waals surface area contributed by atoms with Crippen LogP contribution in [0.4, 0.5) is 8.78 Å². The van der Waals surface area contributed by atoms with Gasteiger partial charge in [0.05, 0.1) is 5.56 Å². The number of para-hydroxylation sites is 1. The van der Waals surface area contributed by atoms with Gasteiger partial charge in [-0.25, -0.2) is 0 Å². The molecule has 25 heavy (non-hydrogen) atoms. The van der Waals surface area contributed by atoms with Gasteiger partial charge in [0.2, 0.25) is 0 Å². The van der Waals surface area contributed by atoms with Crippen molar-refractivity contribution in [3.05, 3.63) is 29.8 Å². The summed E-state index contributed by atoms with van der Waals surface area (Å²) in [5.41, 5.74) is 0.116. The summed E-state index contributed by atoms with van der Waals surface area (Å²) in [4.78, 5) is 28.1. The average Bonchev–Trinajstić information content (AvgIpc) is 2.93. The van der Waals surface area contributed by atoms with Crippen LogP contribution in [0.2, 0.25) is 0 Å². The molecule has 3 rings (SSSR count). The normalized spacial score (nSPS) is 24.5. The maximum Gasteiger partial charge on any atom is 0.387 e. The van der Waals surface area contributed by atoms with E-state index < -0.39 is 6.61 Å². The Kier molecular flexibility index (Phi) is 5.17. The number of rotatable bonds is 4. The molecule has 136 valence electrons. The van der Waals surface area contributed by atoms with Gasteiger partial charge in [0.15, 0.2) is 0 Å². The molecule has 0 spiro atoms. The number of amides is 1. The standard InChI is InChI=1S/C17H20F2N2O4/c1-11-10-13(16(23)24-11)20-6-8-21(9-7-20)15(22)12-4-2-3-5-14(12)25-17(18)19/h2-5,11,13,17H,6-10H2,1H3. The number of carbonyl (C=O) groups is 2. The smallest absolute Gasteiger partial charge is 0.387 e. The molecule has 6 nitrogen and oxygen atoms in total. The van der Waals surface area contributed by atoms with E-state index in [-0.39, 0.29) is 35.3 Å². The first kappa shape index (κ1) is 17.6. The van der Waals surface area contributed by atoms with Gasteiger partial charge in [-0.15, -0.1) is 0 Å². The lowest BCUT2D eigenvalue weighted by atomic mass is 10.1. The zero-order valence-electron chi connectivity index (χ0n) is 13.9. The number of alkyl halides is 2. The van der Waals surface area contributed by atoms with E-state index in [2.05, 4.69) is 4.74 Å². The molecular formula is C17H20F2N2O4. The highest BCUT2D eigenvalue weighted by atomic mass is 19.3. The van der Waals surface area contributed by atoms with Crippen molar-refractivity contribution in [1.29, 1.82) is 0 Å². The summed E-state index contributed by atoms with van der Waals surface area (Å²) in [5, 5.41) is 0. The molecule has 1 aromatic carbocycles. The van der Waals surface area contributed by atoms with Crippen molar-refractivity contribution < 1.29 is 27.8 Å². The Hall–Kier alpha value is -2.22. The van der Waals surface area contributed by atoms with Gasteiger partial charge >= 0.3 is 12.6 Å². The summed E-state index contributed by atoms with van der Waals surface area (Å²) in [6, 6.07) is 5.71. The fraction of sp³-hybridized carbons (Fsp3) is 0.529. The predicted octanol–water partition coefficient (Wildman–Crippen LogP) is 1.75. The van der Waals surface area contributed by atoms with Crippen LogP contribution in [0.1, 0.15) is 23.7 Å². The number of cyclic esters (lactones) is 1. The molecule has 0 aromatic heterocycles. The van der Waals surface area contributed by atoms with Crippen LogP contribution in [-0.4, -0.2) is 66.6 Å². The summed E-state index contributed by atoms with van der Waals surface area (Å²) in [7, 11) is 0. The van der Waals surface area contributed by atoms with Crippen LogP contribution in [0.25, 0.3) is 0 Å². The minimum absolute atomic E-state index is 0.0875. The molecule has 2 heterocycles. The first-order valence-electron chi connectivity index (χ1n) is 8.23. The Morgan fingerprint density at radius 1 is 1.24 bits per heavy atom. The number of nitrogens with zero attached hydrogens (tertiary/aromatic N) is 2. The largest absolute Gasteiger partial charge is 0.461 e. The monoisotopic (exact) mass is 354 g/mol.